The molecule has 0 aliphatic heterocycles. The molecule has 0 spiro atoms. The minimum atomic E-state index is -3.51. The fourth-order valence-corrected chi connectivity index (χ4v) is 4.20. The number of hydrogen-bond donors (Lipinski definition) is 2. The molecule has 2 rings (SSSR count). The Morgan fingerprint density at radius 2 is 2.00 bits per heavy atom. The summed E-state index contributed by atoms with van der Waals surface area (Å²) in [5, 5.41) is 9.25. The number of aliphatic hydroxyl groups is 1. The van der Waals surface area contributed by atoms with Gasteiger partial charge in [-0.1, -0.05) is 19.9 Å². The van der Waals surface area contributed by atoms with E-state index in [2.05, 4.69) is 18.6 Å². The van der Waals surface area contributed by atoms with Gasteiger partial charge in [-0.05, 0) is 54.9 Å². The molecule has 0 heterocycles. The largest absolute Gasteiger partial charge is 0.392 e. The van der Waals surface area contributed by atoms with Gasteiger partial charge in [0.05, 0.1) is 11.5 Å². The van der Waals surface area contributed by atoms with Crippen LogP contribution in [0.15, 0.2) is 23.1 Å². The number of aryl methyl sites for hydroxylation is 1. The highest BCUT2D eigenvalue weighted by Gasteiger charge is 2.33. The van der Waals surface area contributed by atoms with Gasteiger partial charge < -0.3 is 5.11 Å². The summed E-state index contributed by atoms with van der Waals surface area (Å²) in [6.07, 6.45) is 1.95. The first kappa shape index (κ1) is 15.5. The predicted molar refractivity (Wildman–Crippen MR) is 78.8 cm³/mol. The number of sulfonamides is 1. The normalized spacial score (nSPS) is 26.9. The van der Waals surface area contributed by atoms with Crippen molar-refractivity contribution < 1.29 is 13.5 Å². The fourth-order valence-electron chi connectivity index (χ4n) is 2.78. The Balaban J connectivity index is 2.22. The molecule has 3 unspecified atom stereocenters. The highest BCUT2D eigenvalue weighted by atomic mass is 32.2. The van der Waals surface area contributed by atoms with E-state index in [4.69, 9.17) is 0 Å². The monoisotopic (exact) mass is 297 g/mol. The number of aliphatic hydroxyl groups excluding tert-OH is 1. The van der Waals surface area contributed by atoms with Crippen molar-refractivity contribution in [2.45, 2.75) is 51.2 Å². The average molecular weight is 297 g/mol. The first-order valence-electron chi connectivity index (χ1n) is 7.08. The lowest BCUT2D eigenvalue weighted by atomic mass is 9.98. The third-order valence-corrected chi connectivity index (χ3v) is 6.06. The minimum Gasteiger partial charge on any atom is -0.392 e. The van der Waals surface area contributed by atoms with Crippen LogP contribution >= 0.6 is 0 Å². The molecule has 4 nitrogen and oxygen atoms in total. The Labute approximate surface area is 121 Å². The molecule has 1 aromatic rings. The van der Waals surface area contributed by atoms with Gasteiger partial charge in [0.2, 0.25) is 10.0 Å². The highest BCUT2D eigenvalue weighted by molar-refractivity contribution is 7.89. The summed E-state index contributed by atoms with van der Waals surface area (Å²) in [6, 6.07) is 4.90. The van der Waals surface area contributed by atoms with Gasteiger partial charge >= 0.3 is 0 Å². The third-order valence-electron chi connectivity index (χ3n) is 4.57. The molecule has 0 amide bonds. The average Bonchev–Trinajstić information content (AvgIpc) is 2.70. The Kier molecular flexibility index (Phi) is 4.52. The summed E-state index contributed by atoms with van der Waals surface area (Å²) >= 11 is 0. The third kappa shape index (κ3) is 3.05. The maximum Gasteiger partial charge on any atom is 0.240 e. The van der Waals surface area contributed by atoms with Gasteiger partial charge in [-0.2, -0.15) is 0 Å². The van der Waals surface area contributed by atoms with Crippen LogP contribution in [-0.2, 0) is 16.6 Å². The number of hydrogen-bond acceptors (Lipinski definition) is 3. The maximum atomic E-state index is 12.4. The van der Waals surface area contributed by atoms with Crippen molar-refractivity contribution >= 4 is 10.0 Å². The topological polar surface area (TPSA) is 66.4 Å². The Morgan fingerprint density at radius 3 is 2.55 bits per heavy atom. The van der Waals surface area contributed by atoms with Crippen LogP contribution in [0, 0.1) is 18.8 Å². The van der Waals surface area contributed by atoms with Crippen molar-refractivity contribution in [3.63, 3.8) is 0 Å². The van der Waals surface area contributed by atoms with Crippen LogP contribution in [0.3, 0.4) is 0 Å². The summed E-state index contributed by atoms with van der Waals surface area (Å²) in [4.78, 5) is 0.235. The van der Waals surface area contributed by atoms with Gasteiger partial charge in [-0.3, -0.25) is 0 Å². The molecule has 0 aromatic heterocycles. The number of nitrogens with one attached hydrogen (secondary N) is 1. The van der Waals surface area contributed by atoms with E-state index in [0.717, 1.165) is 18.4 Å². The lowest BCUT2D eigenvalue weighted by Gasteiger charge is -2.20. The van der Waals surface area contributed by atoms with Crippen molar-refractivity contribution in [2.75, 3.05) is 0 Å². The van der Waals surface area contributed by atoms with Crippen LogP contribution in [0.4, 0.5) is 0 Å². The molecule has 112 valence electrons. The fraction of sp³-hybridized carbons (Fsp3) is 0.600. The summed E-state index contributed by atoms with van der Waals surface area (Å²) in [7, 11) is -3.51. The second-order valence-electron chi connectivity index (χ2n) is 5.89. The zero-order valence-corrected chi connectivity index (χ0v) is 13.1. The van der Waals surface area contributed by atoms with Crippen LogP contribution in [0.25, 0.3) is 0 Å². The van der Waals surface area contributed by atoms with Crippen LogP contribution in [-0.4, -0.2) is 19.6 Å². The molecule has 1 aliphatic rings. The molecule has 0 radical (unpaired) electrons. The van der Waals surface area contributed by atoms with Crippen LogP contribution in [0.1, 0.15) is 37.8 Å². The zero-order chi connectivity index (χ0) is 14.9. The first-order chi connectivity index (χ1) is 9.35. The molecule has 1 aromatic carbocycles. The van der Waals surface area contributed by atoms with Crippen LogP contribution in [0.2, 0.25) is 0 Å². The SMILES string of the molecule is Cc1ccc(S(=O)(=O)NC2CCC(C)C2C)cc1CO. The van der Waals surface area contributed by atoms with Crippen molar-refractivity contribution in [2.24, 2.45) is 11.8 Å². The van der Waals surface area contributed by atoms with E-state index in [9.17, 15) is 13.5 Å². The molecule has 5 heteroatoms. The van der Waals surface area contributed by atoms with E-state index in [1.54, 1.807) is 18.2 Å². The van der Waals surface area contributed by atoms with E-state index < -0.39 is 10.0 Å². The van der Waals surface area contributed by atoms with Gasteiger partial charge in [0.25, 0.3) is 0 Å². The smallest absolute Gasteiger partial charge is 0.240 e. The van der Waals surface area contributed by atoms with Crippen molar-refractivity contribution in [1.29, 1.82) is 0 Å². The molecular formula is C15H23NO3S. The molecule has 0 bridgehead atoms. The Morgan fingerprint density at radius 1 is 1.30 bits per heavy atom. The molecule has 2 N–H and O–H groups in total. The molecule has 1 fully saturated rings. The standard InChI is InChI=1S/C15H23NO3S/c1-10-5-7-15(12(10)3)16-20(18,19)14-6-4-11(2)13(8-14)9-17/h4,6,8,10,12,15-17H,5,7,9H2,1-3H3. The predicted octanol–water partition coefficient (Wildman–Crippen LogP) is 2.20. The van der Waals surface area contributed by atoms with E-state index in [0.29, 0.717) is 17.4 Å². The molecule has 20 heavy (non-hydrogen) atoms. The second-order valence-corrected chi connectivity index (χ2v) is 7.60. The molecule has 1 saturated carbocycles. The highest BCUT2D eigenvalue weighted by Crippen LogP contribution is 2.32. The summed E-state index contributed by atoms with van der Waals surface area (Å²) < 4.78 is 27.7. The van der Waals surface area contributed by atoms with Gasteiger partial charge in [0.1, 0.15) is 0 Å². The van der Waals surface area contributed by atoms with Gasteiger partial charge in [-0.15, -0.1) is 0 Å². The van der Waals surface area contributed by atoms with E-state index in [1.165, 1.54) is 0 Å². The maximum absolute atomic E-state index is 12.4. The lowest BCUT2D eigenvalue weighted by Crippen LogP contribution is -2.37. The molecular weight excluding hydrogens is 274 g/mol. The van der Waals surface area contributed by atoms with E-state index in [1.807, 2.05) is 6.92 Å². The summed E-state index contributed by atoms with van der Waals surface area (Å²) in [5.74, 6) is 0.904. The van der Waals surface area contributed by atoms with Crippen molar-refractivity contribution in [1.82, 2.24) is 4.72 Å². The Bertz CT molecular complexity index is 583. The Hall–Kier alpha value is -0.910. The van der Waals surface area contributed by atoms with Gasteiger partial charge in [0, 0.05) is 6.04 Å². The lowest BCUT2D eigenvalue weighted by molar-refractivity contribution is 0.280. The molecule has 1 aliphatic carbocycles. The zero-order valence-electron chi connectivity index (χ0n) is 12.3. The van der Waals surface area contributed by atoms with Crippen molar-refractivity contribution in [3.05, 3.63) is 29.3 Å². The van der Waals surface area contributed by atoms with Gasteiger partial charge in [0.15, 0.2) is 0 Å². The quantitative estimate of drug-likeness (QED) is 0.895. The van der Waals surface area contributed by atoms with Crippen LogP contribution < -0.4 is 4.72 Å². The summed E-state index contributed by atoms with van der Waals surface area (Å²) in [6.45, 7) is 5.97. The first-order valence-corrected chi connectivity index (χ1v) is 8.56. The van der Waals surface area contributed by atoms with E-state index in [-0.39, 0.29) is 17.5 Å². The molecule has 0 saturated heterocycles. The molecule has 3 atom stereocenters. The van der Waals surface area contributed by atoms with E-state index >= 15 is 0 Å². The number of rotatable bonds is 4. The number of benzene rings is 1. The van der Waals surface area contributed by atoms with Gasteiger partial charge in [-0.25, -0.2) is 13.1 Å². The second kappa shape index (κ2) is 5.84. The van der Waals surface area contributed by atoms with Crippen LogP contribution in [0.5, 0.6) is 0 Å². The minimum absolute atomic E-state index is 0.00822. The summed E-state index contributed by atoms with van der Waals surface area (Å²) in [5.41, 5.74) is 1.55. The van der Waals surface area contributed by atoms with Crippen molar-refractivity contribution in [3.8, 4) is 0 Å².